The smallest absolute Gasteiger partial charge is 0.335 e. The fourth-order valence-electron chi connectivity index (χ4n) is 2.33. The van der Waals surface area contributed by atoms with Gasteiger partial charge in [-0.05, 0) is 38.5 Å². The fourth-order valence-corrected chi connectivity index (χ4v) is 3.01. The average molecular weight is 366 g/mol. The molecule has 9 heteroatoms. The van der Waals surface area contributed by atoms with Gasteiger partial charge in [-0.1, -0.05) is 5.16 Å². The zero-order chi connectivity index (χ0) is 18.8. The summed E-state index contributed by atoms with van der Waals surface area (Å²) in [5.41, 5.74) is 1.44. The van der Waals surface area contributed by atoms with Crippen LogP contribution in [0.25, 0.3) is 0 Å². The molecule has 0 aliphatic carbocycles. The Labute approximate surface area is 144 Å². The SMILES string of the molecule is Cc1noc(C)c1CCC(=O)Nc1cc(C(=O)O)cc(S(C)(=O)=O)c1. The van der Waals surface area contributed by atoms with Gasteiger partial charge in [0.15, 0.2) is 9.84 Å². The number of carboxylic acid groups (broad SMARTS) is 1. The molecule has 2 rings (SSSR count). The van der Waals surface area contributed by atoms with Crippen LogP contribution in [0.4, 0.5) is 5.69 Å². The summed E-state index contributed by atoms with van der Waals surface area (Å²) in [6.07, 6.45) is 1.50. The number of carboxylic acids is 1. The molecule has 0 aliphatic heterocycles. The molecule has 2 N–H and O–H groups in total. The van der Waals surface area contributed by atoms with Gasteiger partial charge in [-0.25, -0.2) is 13.2 Å². The minimum atomic E-state index is -3.61. The zero-order valence-electron chi connectivity index (χ0n) is 14.0. The van der Waals surface area contributed by atoms with Crippen LogP contribution < -0.4 is 5.32 Å². The van der Waals surface area contributed by atoms with Crippen molar-refractivity contribution < 1.29 is 27.6 Å². The Morgan fingerprint density at radius 3 is 2.44 bits per heavy atom. The van der Waals surface area contributed by atoms with Gasteiger partial charge in [0.25, 0.3) is 0 Å². The van der Waals surface area contributed by atoms with Crippen molar-refractivity contribution >= 4 is 27.4 Å². The third-order valence-corrected chi connectivity index (χ3v) is 4.74. The quantitative estimate of drug-likeness (QED) is 0.800. The van der Waals surface area contributed by atoms with Crippen LogP contribution >= 0.6 is 0 Å². The van der Waals surface area contributed by atoms with Crippen LogP contribution in [0.3, 0.4) is 0 Å². The van der Waals surface area contributed by atoms with Gasteiger partial charge in [0.05, 0.1) is 16.2 Å². The number of aromatic carboxylic acids is 1. The number of hydrogen-bond donors (Lipinski definition) is 2. The Kier molecular flexibility index (Phi) is 5.27. The molecule has 0 aliphatic rings. The maximum Gasteiger partial charge on any atom is 0.335 e. The van der Waals surface area contributed by atoms with E-state index >= 15 is 0 Å². The van der Waals surface area contributed by atoms with Crippen molar-refractivity contribution in [2.24, 2.45) is 0 Å². The minimum Gasteiger partial charge on any atom is -0.478 e. The predicted molar refractivity (Wildman–Crippen MR) is 89.4 cm³/mol. The van der Waals surface area contributed by atoms with E-state index in [-0.39, 0.29) is 28.5 Å². The van der Waals surface area contributed by atoms with Gasteiger partial charge in [0, 0.05) is 23.9 Å². The highest BCUT2D eigenvalue weighted by atomic mass is 32.2. The molecule has 134 valence electrons. The zero-order valence-corrected chi connectivity index (χ0v) is 14.8. The molecule has 0 spiro atoms. The number of carbonyl (C=O) groups is 2. The first-order valence-electron chi connectivity index (χ1n) is 7.38. The molecule has 0 atom stereocenters. The monoisotopic (exact) mass is 366 g/mol. The Bertz CT molecular complexity index is 911. The van der Waals surface area contributed by atoms with E-state index < -0.39 is 15.8 Å². The van der Waals surface area contributed by atoms with Gasteiger partial charge in [-0.2, -0.15) is 0 Å². The molecule has 8 nitrogen and oxygen atoms in total. The van der Waals surface area contributed by atoms with E-state index in [0.29, 0.717) is 17.9 Å². The van der Waals surface area contributed by atoms with Crippen molar-refractivity contribution in [1.29, 1.82) is 0 Å². The maximum absolute atomic E-state index is 12.1. The maximum atomic E-state index is 12.1. The van der Waals surface area contributed by atoms with Gasteiger partial charge >= 0.3 is 5.97 Å². The summed E-state index contributed by atoms with van der Waals surface area (Å²) >= 11 is 0. The van der Waals surface area contributed by atoms with Gasteiger partial charge in [0.2, 0.25) is 5.91 Å². The van der Waals surface area contributed by atoms with Crippen LogP contribution in [0, 0.1) is 13.8 Å². The first-order chi connectivity index (χ1) is 11.6. The number of amides is 1. The number of nitrogens with zero attached hydrogens (tertiary/aromatic N) is 1. The lowest BCUT2D eigenvalue weighted by Crippen LogP contribution is -2.14. The van der Waals surface area contributed by atoms with Crippen LogP contribution in [0.1, 0.15) is 33.8 Å². The highest BCUT2D eigenvalue weighted by Crippen LogP contribution is 2.20. The summed E-state index contributed by atoms with van der Waals surface area (Å²) in [4.78, 5) is 23.1. The van der Waals surface area contributed by atoms with Crippen molar-refractivity contribution in [3.05, 3.63) is 40.8 Å². The summed E-state index contributed by atoms with van der Waals surface area (Å²) in [7, 11) is -3.61. The summed E-state index contributed by atoms with van der Waals surface area (Å²) in [5, 5.41) is 15.4. The van der Waals surface area contributed by atoms with E-state index in [1.165, 1.54) is 12.1 Å². The normalized spacial score (nSPS) is 11.3. The third kappa shape index (κ3) is 4.66. The molecule has 2 aromatic rings. The molecule has 0 saturated carbocycles. The van der Waals surface area contributed by atoms with E-state index in [4.69, 9.17) is 9.63 Å². The summed E-state index contributed by atoms with van der Waals surface area (Å²) in [6, 6.07) is 3.50. The van der Waals surface area contributed by atoms with E-state index in [9.17, 15) is 18.0 Å². The van der Waals surface area contributed by atoms with Gasteiger partial charge in [-0.15, -0.1) is 0 Å². The van der Waals surface area contributed by atoms with Crippen LogP contribution in [0.5, 0.6) is 0 Å². The van der Waals surface area contributed by atoms with Crippen LogP contribution in [-0.2, 0) is 21.1 Å². The molecular weight excluding hydrogens is 348 g/mol. The number of anilines is 1. The predicted octanol–water partition coefficient (Wildman–Crippen LogP) is 1.96. The van der Waals surface area contributed by atoms with Gasteiger partial charge < -0.3 is 14.9 Å². The summed E-state index contributed by atoms with van der Waals surface area (Å²) < 4.78 is 28.4. The largest absolute Gasteiger partial charge is 0.478 e. The molecule has 1 heterocycles. The molecule has 0 unspecified atom stereocenters. The van der Waals surface area contributed by atoms with Crippen LogP contribution in [0.15, 0.2) is 27.6 Å². The lowest BCUT2D eigenvalue weighted by atomic mass is 10.1. The number of hydrogen-bond acceptors (Lipinski definition) is 6. The highest BCUT2D eigenvalue weighted by Gasteiger charge is 2.16. The lowest BCUT2D eigenvalue weighted by Gasteiger charge is -2.09. The van der Waals surface area contributed by atoms with E-state index in [0.717, 1.165) is 17.9 Å². The summed E-state index contributed by atoms with van der Waals surface area (Å²) in [6.45, 7) is 3.53. The molecule has 0 bridgehead atoms. The Balaban J connectivity index is 2.17. The number of aryl methyl sites for hydroxylation is 2. The number of benzene rings is 1. The topological polar surface area (TPSA) is 127 Å². The second-order valence-corrected chi connectivity index (χ2v) is 7.69. The fraction of sp³-hybridized carbons (Fsp3) is 0.312. The van der Waals surface area contributed by atoms with Crippen molar-refractivity contribution in [1.82, 2.24) is 5.16 Å². The Morgan fingerprint density at radius 2 is 1.92 bits per heavy atom. The third-order valence-electron chi connectivity index (χ3n) is 3.65. The van der Waals surface area contributed by atoms with Gasteiger partial charge in [-0.3, -0.25) is 4.79 Å². The molecule has 1 amide bonds. The second-order valence-electron chi connectivity index (χ2n) is 5.67. The van der Waals surface area contributed by atoms with Gasteiger partial charge in [0.1, 0.15) is 5.76 Å². The van der Waals surface area contributed by atoms with Crippen molar-refractivity contribution in [2.45, 2.75) is 31.6 Å². The number of rotatable bonds is 6. The Hall–Kier alpha value is -2.68. The average Bonchev–Trinajstić information content (AvgIpc) is 2.82. The molecule has 1 aromatic heterocycles. The number of nitrogens with one attached hydrogen (secondary N) is 1. The molecule has 0 fully saturated rings. The summed E-state index contributed by atoms with van der Waals surface area (Å²) in [5.74, 6) is -1.02. The first kappa shape index (κ1) is 18.7. The number of sulfone groups is 1. The molecule has 0 saturated heterocycles. The van der Waals surface area contributed by atoms with Crippen LogP contribution in [0.2, 0.25) is 0 Å². The molecule has 0 radical (unpaired) electrons. The van der Waals surface area contributed by atoms with E-state index in [2.05, 4.69) is 10.5 Å². The standard InChI is InChI=1S/C16H18N2O6S/c1-9-14(10(2)24-18-9)4-5-15(19)17-12-6-11(16(20)21)7-13(8-12)25(3,22)23/h6-8H,4-5H2,1-3H3,(H,17,19)(H,20,21). The Morgan fingerprint density at radius 1 is 1.24 bits per heavy atom. The highest BCUT2D eigenvalue weighted by molar-refractivity contribution is 7.90. The first-order valence-corrected chi connectivity index (χ1v) is 9.27. The molecule has 1 aromatic carbocycles. The van der Waals surface area contributed by atoms with Crippen molar-refractivity contribution in [2.75, 3.05) is 11.6 Å². The second kappa shape index (κ2) is 7.06. The van der Waals surface area contributed by atoms with Crippen molar-refractivity contribution in [3.63, 3.8) is 0 Å². The minimum absolute atomic E-state index is 0.115. The van der Waals surface area contributed by atoms with Crippen molar-refractivity contribution in [3.8, 4) is 0 Å². The molecule has 25 heavy (non-hydrogen) atoms. The van der Waals surface area contributed by atoms with Crippen LogP contribution in [-0.4, -0.2) is 36.8 Å². The lowest BCUT2D eigenvalue weighted by molar-refractivity contribution is -0.116. The van der Waals surface area contributed by atoms with E-state index in [1.54, 1.807) is 13.8 Å². The number of carbonyl (C=O) groups excluding carboxylic acids is 1. The molecular formula is C16H18N2O6S. The number of aromatic nitrogens is 1. The van der Waals surface area contributed by atoms with E-state index in [1.807, 2.05) is 0 Å².